The second-order valence-corrected chi connectivity index (χ2v) is 3.55. The first-order valence-corrected chi connectivity index (χ1v) is 4.81. The third-order valence-electron chi connectivity index (χ3n) is 2.61. The summed E-state index contributed by atoms with van der Waals surface area (Å²) in [5.41, 5.74) is 0. The molecule has 0 unspecified atom stereocenters. The third-order valence-corrected chi connectivity index (χ3v) is 2.61. The van der Waals surface area contributed by atoms with E-state index in [4.69, 9.17) is 0 Å². The molecule has 1 heteroatoms. The van der Waals surface area contributed by atoms with Gasteiger partial charge in [0.2, 0.25) is 0 Å². The van der Waals surface area contributed by atoms with Gasteiger partial charge >= 0.3 is 0 Å². The Kier molecular flexibility index (Phi) is 2.40. The van der Waals surface area contributed by atoms with Crippen LogP contribution in [0.25, 0.3) is 21.5 Å². The van der Waals surface area contributed by atoms with Crippen molar-refractivity contribution in [3.63, 3.8) is 0 Å². The Morgan fingerprint density at radius 1 is 0.467 bits per heavy atom. The van der Waals surface area contributed by atoms with Crippen LogP contribution in [0.15, 0.2) is 60.7 Å². The predicted octanol–water partition coefficient (Wildman–Crippen LogP) is 3.87. The molecule has 72 valence electrons. The number of hydrogen-bond acceptors (Lipinski definition) is 0. The first kappa shape index (κ1) is 9.69. The van der Waals surface area contributed by atoms with E-state index in [0.29, 0.717) is 0 Å². The van der Waals surface area contributed by atoms with Crippen molar-refractivity contribution in [3.05, 3.63) is 60.7 Å². The molecule has 0 fully saturated rings. The molecule has 0 spiro atoms. The molecule has 0 atom stereocenters. The average Bonchev–Trinajstić information content (AvgIpc) is 2.26. The van der Waals surface area contributed by atoms with E-state index in [-0.39, 0.29) is 5.48 Å². The van der Waals surface area contributed by atoms with Crippen LogP contribution in [-0.2, 0) is 5.48 Å². The molecule has 3 aromatic rings. The van der Waals surface area contributed by atoms with Gasteiger partial charge in [-0.3, -0.25) is 0 Å². The average molecular weight is 194 g/mol. The number of benzene rings is 3. The Morgan fingerprint density at radius 3 is 1.00 bits per heavy atom. The standard InChI is InChI=1S/C14H10.O/c1-2-6-12-10-14-8-4-3-7-13(14)9-11(12)5-1;/h1-10H;. The van der Waals surface area contributed by atoms with Crippen molar-refractivity contribution in [2.24, 2.45) is 0 Å². The zero-order valence-electron chi connectivity index (χ0n) is 8.18. The van der Waals surface area contributed by atoms with E-state index < -0.39 is 0 Å². The Bertz CT molecular complexity index is 494. The SMILES string of the molecule is [O].c1ccc2cc3ccccc3cc2c1. The van der Waals surface area contributed by atoms with Crippen molar-refractivity contribution >= 4 is 21.5 Å². The van der Waals surface area contributed by atoms with Crippen LogP contribution in [0.3, 0.4) is 0 Å². The summed E-state index contributed by atoms with van der Waals surface area (Å²) in [6, 6.07) is 21.4. The van der Waals surface area contributed by atoms with Gasteiger partial charge in [-0.05, 0) is 33.7 Å². The maximum Gasteiger partial charge on any atom is 0 e. The molecule has 15 heavy (non-hydrogen) atoms. The van der Waals surface area contributed by atoms with Gasteiger partial charge in [-0.25, -0.2) is 0 Å². The van der Waals surface area contributed by atoms with Crippen LogP contribution >= 0.6 is 0 Å². The summed E-state index contributed by atoms with van der Waals surface area (Å²) in [5.74, 6) is 0. The predicted molar refractivity (Wildman–Crippen MR) is 62.1 cm³/mol. The molecule has 0 bridgehead atoms. The highest BCUT2D eigenvalue weighted by Crippen LogP contribution is 2.21. The molecule has 0 heterocycles. The van der Waals surface area contributed by atoms with Gasteiger partial charge in [0, 0.05) is 5.48 Å². The Morgan fingerprint density at radius 2 is 0.733 bits per heavy atom. The van der Waals surface area contributed by atoms with Crippen LogP contribution in [0.4, 0.5) is 0 Å². The molecule has 0 aliphatic heterocycles. The first-order chi connectivity index (χ1) is 6.93. The van der Waals surface area contributed by atoms with Crippen molar-refractivity contribution < 1.29 is 5.48 Å². The fourth-order valence-corrected chi connectivity index (χ4v) is 1.88. The van der Waals surface area contributed by atoms with Crippen molar-refractivity contribution in [1.29, 1.82) is 0 Å². The molecule has 3 rings (SSSR count). The molecule has 2 radical (unpaired) electrons. The molecule has 1 nitrogen and oxygen atoms in total. The monoisotopic (exact) mass is 194 g/mol. The van der Waals surface area contributed by atoms with Crippen LogP contribution < -0.4 is 0 Å². The van der Waals surface area contributed by atoms with Gasteiger partial charge in [-0.15, -0.1) is 0 Å². The van der Waals surface area contributed by atoms with Gasteiger partial charge in [0.25, 0.3) is 0 Å². The molecule has 0 aromatic heterocycles. The minimum atomic E-state index is 0. The summed E-state index contributed by atoms with van der Waals surface area (Å²) in [5, 5.41) is 5.25. The van der Waals surface area contributed by atoms with Crippen molar-refractivity contribution in [1.82, 2.24) is 0 Å². The van der Waals surface area contributed by atoms with E-state index >= 15 is 0 Å². The van der Waals surface area contributed by atoms with Crippen LogP contribution in [0.1, 0.15) is 0 Å². The van der Waals surface area contributed by atoms with E-state index in [1.54, 1.807) is 0 Å². The highest BCUT2D eigenvalue weighted by atomic mass is 16.0. The normalized spacial score (nSPS) is 10.1. The van der Waals surface area contributed by atoms with Crippen molar-refractivity contribution in [2.45, 2.75) is 0 Å². The largest absolute Gasteiger partial charge is 0.0616 e. The third kappa shape index (κ3) is 1.58. The lowest BCUT2D eigenvalue weighted by Crippen LogP contribution is -1.74. The van der Waals surface area contributed by atoms with Gasteiger partial charge < -0.3 is 0 Å². The van der Waals surface area contributed by atoms with Gasteiger partial charge in [-0.2, -0.15) is 0 Å². The zero-order chi connectivity index (χ0) is 9.38. The Labute approximate surface area is 88.3 Å². The lowest BCUT2D eigenvalue weighted by atomic mass is 10.0. The number of fused-ring (bicyclic) bond motifs is 2. The topological polar surface area (TPSA) is 28.5 Å². The lowest BCUT2D eigenvalue weighted by Gasteiger charge is -2.00. The van der Waals surface area contributed by atoms with Gasteiger partial charge in [-0.1, -0.05) is 48.5 Å². The van der Waals surface area contributed by atoms with E-state index in [2.05, 4.69) is 60.7 Å². The lowest BCUT2D eigenvalue weighted by molar-refractivity contribution is 0.686. The molecule has 0 saturated heterocycles. The van der Waals surface area contributed by atoms with Crippen LogP contribution in [0, 0.1) is 0 Å². The van der Waals surface area contributed by atoms with Crippen LogP contribution in [0.5, 0.6) is 0 Å². The quantitative estimate of drug-likeness (QED) is 0.486. The van der Waals surface area contributed by atoms with E-state index in [9.17, 15) is 0 Å². The molecule has 0 aliphatic rings. The molecule has 0 amide bonds. The summed E-state index contributed by atoms with van der Waals surface area (Å²) >= 11 is 0. The minimum absolute atomic E-state index is 0. The molecule has 3 aromatic carbocycles. The Balaban J connectivity index is 0.000000853. The highest BCUT2D eigenvalue weighted by Gasteiger charge is 1.95. The Hall–Kier alpha value is -1.86. The maximum atomic E-state index is 2.24. The van der Waals surface area contributed by atoms with Crippen LogP contribution in [-0.4, -0.2) is 0 Å². The zero-order valence-corrected chi connectivity index (χ0v) is 8.18. The molecule has 0 N–H and O–H groups in total. The molecular formula is C14H10O. The number of hydrogen-bond donors (Lipinski definition) is 0. The van der Waals surface area contributed by atoms with Crippen molar-refractivity contribution in [2.75, 3.05) is 0 Å². The fraction of sp³-hybridized carbons (Fsp3) is 0. The fourth-order valence-electron chi connectivity index (χ4n) is 1.88. The summed E-state index contributed by atoms with van der Waals surface area (Å²) in [6.07, 6.45) is 0. The van der Waals surface area contributed by atoms with Gasteiger partial charge in [0.1, 0.15) is 0 Å². The number of rotatable bonds is 0. The minimum Gasteiger partial charge on any atom is -0.0616 e. The first-order valence-electron chi connectivity index (χ1n) is 4.81. The summed E-state index contributed by atoms with van der Waals surface area (Å²) in [7, 11) is 0. The van der Waals surface area contributed by atoms with Crippen LogP contribution in [0.2, 0.25) is 0 Å². The second-order valence-electron chi connectivity index (χ2n) is 3.55. The summed E-state index contributed by atoms with van der Waals surface area (Å²) < 4.78 is 0. The highest BCUT2D eigenvalue weighted by molar-refractivity contribution is 5.97. The maximum absolute atomic E-state index is 2.24. The van der Waals surface area contributed by atoms with E-state index in [1.807, 2.05) is 0 Å². The molecule has 0 aliphatic carbocycles. The summed E-state index contributed by atoms with van der Waals surface area (Å²) in [4.78, 5) is 0. The van der Waals surface area contributed by atoms with E-state index in [0.717, 1.165) is 0 Å². The van der Waals surface area contributed by atoms with Crippen molar-refractivity contribution in [3.8, 4) is 0 Å². The second kappa shape index (κ2) is 3.71. The molecule has 0 saturated carbocycles. The summed E-state index contributed by atoms with van der Waals surface area (Å²) in [6.45, 7) is 0. The smallest absolute Gasteiger partial charge is 0 e. The molecular weight excluding hydrogens is 184 g/mol. The van der Waals surface area contributed by atoms with E-state index in [1.165, 1.54) is 21.5 Å². The van der Waals surface area contributed by atoms with Gasteiger partial charge in [0.05, 0.1) is 0 Å². The van der Waals surface area contributed by atoms with Gasteiger partial charge in [0.15, 0.2) is 0 Å².